The second-order valence-corrected chi connectivity index (χ2v) is 7.43. The zero-order chi connectivity index (χ0) is 21.0. The van der Waals surface area contributed by atoms with E-state index in [2.05, 4.69) is 49.4 Å². The minimum Gasteiger partial charge on any atom is -0.208 e. The molecule has 0 aliphatic carbocycles. The normalized spacial score (nSPS) is 10.7. The van der Waals surface area contributed by atoms with Crippen LogP contribution in [-0.2, 0) is 0 Å². The predicted octanol–water partition coefficient (Wildman–Crippen LogP) is 6.85. The summed E-state index contributed by atoms with van der Waals surface area (Å²) in [6.45, 7) is 2.13. The third-order valence-corrected chi connectivity index (χ3v) is 5.28. The molecule has 148 valence electrons. The van der Waals surface area contributed by atoms with Crippen molar-refractivity contribution in [2.24, 2.45) is 0 Å². The standard InChI is InChI=1S/C28H21N3/c1-20-17-18-24(19-25(20)21-11-5-2-6-12-21)28-30-26(22-13-7-3-8-14-22)29-27(31-28)23-15-9-4-10-16-23/h2-19H,1H3. The number of rotatable bonds is 4. The van der Waals surface area contributed by atoms with E-state index in [1.165, 1.54) is 16.7 Å². The molecule has 0 saturated heterocycles. The Hall–Kier alpha value is -4.11. The summed E-state index contributed by atoms with van der Waals surface area (Å²) < 4.78 is 0. The number of benzene rings is 4. The van der Waals surface area contributed by atoms with E-state index in [1.54, 1.807) is 0 Å². The Bertz CT molecular complexity index is 1260. The van der Waals surface area contributed by atoms with Crippen molar-refractivity contribution >= 4 is 0 Å². The van der Waals surface area contributed by atoms with Gasteiger partial charge in [-0.05, 0) is 29.7 Å². The molecule has 1 heterocycles. The molecule has 0 bridgehead atoms. The average molecular weight is 399 g/mol. The van der Waals surface area contributed by atoms with Gasteiger partial charge in [0.1, 0.15) is 0 Å². The fraction of sp³-hybridized carbons (Fsp3) is 0.0357. The highest BCUT2D eigenvalue weighted by Gasteiger charge is 2.13. The van der Waals surface area contributed by atoms with Crippen molar-refractivity contribution in [2.75, 3.05) is 0 Å². The SMILES string of the molecule is Cc1ccc(-c2nc(-c3ccccc3)nc(-c3ccccc3)n2)cc1-c1ccccc1. The van der Waals surface area contributed by atoms with Crippen LogP contribution in [0.25, 0.3) is 45.3 Å². The van der Waals surface area contributed by atoms with Crippen LogP contribution in [-0.4, -0.2) is 15.0 Å². The Morgan fingerprint density at radius 1 is 0.419 bits per heavy atom. The van der Waals surface area contributed by atoms with Crippen molar-refractivity contribution in [3.8, 4) is 45.3 Å². The van der Waals surface area contributed by atoms with Crippen molar-refractivity contribution in [2.45, 2.75) is 6.92 Å². The van der Waals surface area contributed by atoms with Crippen LogP contribution >= 0.6 is 0 Å². The summed E-state index contributed by atoms with van der Waals surface area (Å²) >= 11 is 0. The Morgan fingerprint density at radius 3 is 1.32 bits per heavy atom. The van der Waals surface area contributed by atoms with Crippen LogP contribution in [0.2, 0.25) is 0 Å². The first-order valence-electron chi connectivity index (χ1n) is 10.3. The van der Waals surface area contributed by atoms with E-state index >= 15 is 0 Å². The molecule has 0 aliphatic rings. The Morgan fingerprint density at radius 2 is 0.839 bits per heavy atom. The van der Waals surface area contributed by atoms with Gasteiger partial charge in [-0.25, -0.2) is 15.0 Å². The maximum atomic E-state index is 4.84. The fourth-order valence-electron chi connectivity index (χ4n) is 3.63. The summed E-state index contributed by atoms with van der Waals surface area (Å²) in [4.78, 5) is 14.5. The highest BCUT2D eigenvalue weighted by molar-refractivity contribution is 5.74. The lowest BCUT2D eigenvalue weighted by atomic mass is 9.98. The van der Waals surface area contributed by atoms with E-state index in [1.807, 2.05) is 66.7 Å². The first kappa shape index (κ1) is 18.9. The monoisotopic (exact) mass is 399 g/mol. The van der Waals surface area contributed by atoms with Crippen LogP contribution in [0.15, 0.2) is 109 Å². The van der Waals surface area contributed by atoms with E-state index in [4.69, 9.17) is 15.0 Å². The topological polar surface area (TPSA) is 38.7 Å². The molecule has 0 spiro atoms. The largest absolute Gasteiger partial charge is 0.208 e. The van der Waals surface area contributed by atoms with Crippen molar-refractivity contribution in [1.82, 2.24) is 15.0 Å². The third-order valence-electron chi connectivity index (χ3n) is 5.28. The molecular formula is C28H21N3. The molecule has 3 nitrogen and oxygen atoms in total. The van der Waals surface area contributed by atoms with Gasteiger partial charge < -0.3 is 0 Å². The lowest BCUT2D eigenvalue weighted by Crippen LogP contribution is -2.00. The summed E-state index contributed by atoms with van der Waals surface area (Å²) in [5.74, 6) is 2.02. The Labute approximate surface area is 182 Å². The first-order valence-corrected chi connectivity index (χ1v) is 10.3. The molecule has 4 aromatic carbocycles. The van der Waals surface area contributed by atoms with Crippen LogP contribution in [0.3, 0.4) is 0 Å². The lowest BCUT2D eigenvalue weighted by molar-refractivity contribution is 1.07. The van der Waals surface area contributed by atoms with E-state index in [-0.39, 0.29) is 0 Å². The molecule has 0 atom stereocenters. The number of nitrogens with zero attached hydrogens (tertiary/aromatic N) is 3. The van der Waals surface area contributed by atoms with Gasteiger partial charge in [0, 0.05) is 16.7 Å². The highest BCUT2D eigenvalue weighted by Crippen LogP contribution is 2.30. The molecule has 0 amide bonds. The van der Waals surface area contributed by atoms with Crippen LogP contribution in [0.1, 0.15) is 5.56 Å². The fourth-order valence-corrected chi connectivity index (χ4v) is 3.63. The van der Waals surface area contributed by atoms with Gasteiger partial charge >= 0.3 is 0 Å². The van der Waals surface area contributed by atoms with E-state index in [0.717, 1.165) is 16.7 Å². The van der Waals surface area contributed by atoms with Gasteiger partial charge in [-0.15, -0.1) is 0 Å². The van der Waals surface area contributed by atoms with E-state index in [0.29, 0.717) is 17.5 Å². The lowest BCUT2D eigenvalue weighted by Gasteiger charge is -2.11. The van der Waals surface area contributed by atoms with Crippen LogP contribution < -0.4 is 0 Å². The van der Waals surface area contributed by atoms with Gasteiger partial charge in [0.25, 0.3) is 0 Å². The number of hydrogen-bond acceptors (Lipinski definition) is 3. The van der Waals surface area contributed by atoms with Crippen LogP contribution in [0.4, 0.5) is 0 Å². The molecule has 31 heavy (non-hydrogen) atoms. The molecule has 3 heteroatoms. The average Bonchev–Trinajstić information content (AvgIpc) is 2.86. The summed E-state index contributed by atoms with van der Waals surface area (Å²) in [7, 11) is 0. The summed E-state index contributed by atoms with van der Waals surface area (Å²) in [5.41, 5.74) is 6.50. The van der Waals surface area contributed by atoms with E-state index in [9.17, 15) is 0 Å². The zero-order valence-electron chi connectivity index (χ0n) is 17.2. The molecule has 0 unspecified atom stereocenters. The zero-order valence-corrected chi connectivity index (χ0v) is 17.2. The first-order chi connectivity index (χ1) is 15.3. The highest BCUT2D eigenvalue weighted by atomic mass is 15.0. The van der Waals surface area contributed by atoms with Gasteiger partial charge in [-0.3, -0.25) is 0 Å². The summed E-state index contributed by atoms with van der Waals surface area (Å²) in [5, 5.41) is 0. The molecule has 5 rings (SSSR count). The summed E-state index contributed by atoms with van der Waals surface area (Å²) in [6, 6.07) is 36.9. The number of hydrogen-bond donors (Lipinski definition) is 0. The van der Waals surface area contributed by atoms with Gasteiger partial charge in [-0.1, -0.05) is 103 Å². The quantitative estimate of drug-likeness (QED) is 0.332. The number of aryl methyl sites for hydroxylation is 1. The molecule has 0 N–H and O–H groups in total. The van der Waals surface area contributed by atoms with Gasteiger partial charge in [-0.2, -0.15) is 0 Å². The maximum absolute atomic E-state index is 4.84. The second kappa shape index (κ2) is 8.33. The van der Waals surface area contributed by atoms with Crippen molar-refractivity contribution in [3.63, 3.8) is 0 Å². The molecule has 0 aliphatic heterocycles. The van der Waals surface area contributed by atoms with Crippen LogP contribution in [0.5, 0.6) is 0 Å². The van der Waals surface area contributed by atoms with Gasteiger partial charge in [0.15, 0.2) is 17.5 Å². The predicted molar refractivity (Wildman–Crippen MR) is 126 cm³/mol. The Kier molecular flexibility index (Phi) is 5.07. The van der Waals surface area contributed by atoms with Gasteiger partial charge in [0.2, 0.25) is 0 Å². The minimum atomic E-state index is 0.671. The molecule has 0 fully saturated rings. The molecule has 0 radical (unpaired) electrons. The van der Waals surface area contributed by atoms with E-state index < -0.39 is 0 Å². The van der Waals surface area contributed by atoms with Crippen molar-refractivity contribution in [3.05, 3.63) is 115 Å². The van der Waals surface area contributed by atoms with Crippen molar-refractivity contribution in [1.29, 1.82) is 0 Å². The summed E-state index contributed by atoms with van der Waals surface area (Å²) in [6.07, 6.45) is 0. The van der Waals surface area contributed by atoms with Crippen molar-refractivity contribution < 1.29 is 0 Å². The smallest absolute Gasteiger partial charge is 0.164 e. The second-order valence-electron chi connectivity index (χ2n) is 7.43. The maximum Gasteiger partial charge on any atom is 0.164 e. The van der Waals surface area contributed by atoms with Crippen LogP contribution in [0, 0.1) is 6.92 Å². The molecular weight excluding hydrogens is 378 g/mol. The minimum absolute atomic E-state index is 0.671. The molecule has 0 saturated carbocycles. The number of aromatic nitrogens is 3. The molecule has 1 aromatic heterocycles. The third kappa shape index (κ3) is 3.99. The molecule has 5 aromatic rings. The van der Waals surface area contributed by atoms with Gasteiger partial charge in [0.05, 0.1) is 0 Å². The Balaban J connectivity index is 1.69.